The third-order valence-electron chi connectivity index (χ3n) is 3.44. The van der Waals surface area contributed by atoms with Crippen molar-refractivity contribution in [1.29, 1.82) is 0 Å². The number of hydrogen-bond acceptors (Lipinski definition) is 3. The summed E-state index contributed by atoms with van der Waals surface area (Å²) in [5, 5.41) is 6.99. The molecule has 0 radical (unpaired) electrons. The molecule has 116 valence electrons. The van der Waals surface area contributed by atoms with Gasteiger partial charge in [0.15, 0.2) is 5.11 Å². The van der Waals surface area contributed by atoms with Crippen LogP contribution >= 0.6 is 12.2 Å². The van der Waals surface area contributed by atoms with Gasteiger partial charge in [-0.05, 0) is 50.2 Å². The van der Waals surface area contributed by atoms with Gasteiger partial charge in [0, 0.05) is 6.07 Å². The molecule has 2 N–H and O–H groups in total. The summed E-state index contributed by atoms with van der Waals surface area (Å²) in [6, 6.07) is 10.2. The van der Waals surface area contributed by atoms with Crippen molar-refractivity contribution in [3.63, 3.8) is 0 Å². The first kappa shape index (κ1) is 16.2. The smallest absolute Gasteiger partial charge is 0.213 e. The van der Waals surface area contributed by atoms with Crippen LogP contribution in [0, 0.1) is 13.8 Å². The lowest BCUT2D eigenvalue weighted by Crippen LogP contribution is -2.31. The van der Waals surface area contributed by atoms with Gasteiger partial charge in [0.05, 0.1) is 25.0 Å². The zero-order chi connectivity index (χ0) is 16.1. The standard InChI is InChI=1S/C17H21N3OS/c1-11-5-7-15(12(2)9-11)13(3)19-17(22)20-14-6-8-16(21-4)18-10-14/h5-10,13H,1-4H3,(H2,19,20,22)/t13-/m0/s1. The van der Waals surface area contributed by atoms with Crippen molar-refractivity contribution in [2.24, 2.45) is 0 Å². The van der Waals surface area contributed by atoms with E-state index in [9.17, 15) is 0 Å². The molecule has 0 bridgehead atoms. The van der Waals surface area contributed by atoms with Gasteiger partial charge in [0.2, 0.25) is 5.88 Å². The van der Waals surface area contributed by atoms with Crippen molar-refractivity contribution in [3.8, 4) is 5.88 Å². The third kappa shape index (κ3) is 4.18. The Hall–Kier alpha value is -2.14. The topological polar surface area (TPSA) is 46.2 Å². The molecule has 0 aliphatic heterocycles. The second-order valence-electron chi connectivity index (χ2n) is 5.27. The van der Waals surface area contributed by atoms with Crippen LogP contribution in [0.15, 0.2) is 36.5 Å². The van der Waals surface area contributed by atoms with Crippen LogP contribution in [0.2, 0.25) is 0 Å². The maximum atomic E-state index is 5.36. The number of hydrogen-bond donors (Lipinski definition) is 2. The molecule has 4 nitrogen and oxygen atoms in total. The fourth-order valence-corrected chi connectivity index (χ4v) is 2.62. The van der Waals surface area contributed by atoms with Crippen molar-refractivity contribution in [2.45, 2.75) is 26.8 Å². The van der Waals surface area contributed by atoms with Crippen LogP contribution in [-0.4, -0.2) is 17.2 Å². The van der Waals surface area contributed by atoms with E-state index in [1.165, 1.54) is 16.7 Å². The molecule has 1 atom stereocenters. The largest absolute Gasteiger partial charge is 0.481 e. The van der Waals surface area contributed by atoms with Gasteiger partial charge < -0.3 is 15.4 Å². The molecule has 2 rings (SSSR count). The predicted octanol–water partition coefficient (Wildman–Crippen LogP) is 3.75. The number of methoxy groups -OCH3 is 1. The highest BCUT2D eigenvalue weighted by Gasteiger charge is 2.10. The highest BCUT2D eigenvalue weighted by molar-refractivity contribution is 7.80. The van der Waals surface area contributed by atoms with Gasteiger partial charge in [-0.15, -0.1) is 0 Å². The molecule has 1 aromatic heterocycles. The number of thiocarbonyl (C=S) groups is 1. The quantitative estimate of drug-likeness (QED) is 0.841. The SMILES string of the molecule is COc1ccc(NC(=S)N[C@@H](C)c2ccc(C)cc2C)cn1. The predicted molar refractivity (Wildman–Crippen MR) is 94.5 cm³/mol. The molecule has 0 saturated carbocycles. The van der Waals surface area contributed by atoms with Gasteiger partial charge in [0.25, 0.3) is 0 Å². The Morgan fingerprint density at radius 2 is 2.00 bits per heavy atom. The number of ether oxygens (including phenoxy) is 1. The zero-order valence-electron chi connectivity index (χ0n) is 13.3. The lowest BCUT2D eigenvalue weighted by atomic mass is 10.0. The van der Waals surface area contributed by atoms with E-state index in [2.05, 4.69) is 54.6 Å². The van der Waals surface area contributed by atoms with Gasteiger partial charge in [-0.3, -0.25) is 0 Å². The first-order valence-electron chi connectivity index (χ1n) is 7.14. The van der Waals surface area contributed by atoms with E-state index < -0.39 is 0 Å². The molecule has 1 aromatic carbocycles. The van der Waals surface area contributed by atoms with E-state index in [1.54, 1.807) is 19.4 Å². The average Bonchev–Trinajstić information content (AvgIpc) is 2.47. The number of benzene rings is 1. The summed E-state index contributed by atoms with van der Waals surface area (Å²) < 4.78 is 5.03. The molecule has 0 aliphatic carbocycles. The number of rotatable bonds is 4. The maximum absolute atomic E-state index is 5.36. The van der Waals surface area contributed by atoms with Crippen LogP contribution in [0.5, 0.6) is 5.88 Å². The summed E-state index contributed by atoms with van der Waals surface area (Å²) in [6.45, 7) is 6.31. The van der Waals surface area contributed by atoms with Crippen LogP contribution in [0.25, 0.3) is 0 Å². The van der Waals surface area contributed by atoms with Gasteiger partial charge in [-0.2, -0.15) is 0 Å². The second-order valence-corrected chi connectivity index (χ2v) is 5.68. The van der Waals surface area contributed by atoms with Gasteiger partial charge in [-0.1, -0.05) is 23.8 Å². The number of aromatic nitrogens is 1. The van der Waals surface area contributed by atoms with Crippen molar-refractivity contribution >= 4 is 23.0 Å². The number of aryl methyl sites for hydroxylation is 2. The Morgan fingerprint density at radius 1 is 1.23 bits per heavy atom. The van der Waals surface area contributed by atoms with Crippen molar-refractivity contribution in [2.75, 3.05) is 12.4 Å². The van der Waals surface area contributed by atoms with Gasteiger partial charge >= 0.3 is 0 Å². The molecule has 0 fully saturated rings. The Labute approximate surface area is 136 Å². The Morgan fingerprint density at radius 3 is 2.59 bits per heavy atom. The maximum Gasteiger partial charge on any atom is 0.213 e. The minimum absolute atomic E-state index is 0.131. The van der Waals surface area contributed by atoms with Crippen LogP contribution in [0.1, 0.15) is 29.7 Å². The van der Waals surface area contributed by atoms with Gasteiger partial charge in [0.1, 0.15) is 0 Å². The highest BCUT2D eigenvalue weighted by Crippen LogP contribution is 2.19. The zero-order valence-corrected chi connectivity index (χ0v) is 14.1. The van der Waals surface area contributed by atoms with Crippen LogP contribution in [0.4, 0.5) is 5.69 Å². The highest BCUT2D eigenvalue weighted by atomic mass is 32.1. The molecule has 22 heavy (non-hydrogen) atoms. The van der Waals surface area contributed by atoms with E-state index in [-0.39, 0.29) is 6.04 Å². The molecular weight excluding hydrogens is 294 g/mol. The molecule has 0 spiro atoms. The average molecular weight is 315 g/mol. The molecule has 1 heterocycles. The molecular formula is C17H21N3OS. The third-order valence-corrected chi connectivity index (χ3v) is 3.66. The minimum atomic E-state index is 0.131. The fourth-order valence-electron chi connectivity index (χ4n) is 2.33. The summed E-state index contributed by atoms with van der Waals surface area (Å²) in [5.41, 5.74) is 4.58. The summed E-state index contributed by atoms with van der Waals surface area (Å²) in [6.07, 6.45) is 1.69. The van der Waals surface area contributed by atoms with E-state index in [0.29, 0.717) is 11.0 Å². The van der Waals surface area contributed by atoms with E-state index in [4.69, 9.17) is 17.0 Å². The number of pyridine rings is 1. The summed E-state index contributed by atoms with van der Waals surface area (Å²) >= 11 is 5.36. The molecule has 0 aliphatic rings. The minimum Gasteiger partial charge on any atom is -0.481 e. The normalized spacial score (nSPS) is 11.6. The Balaban J connectivity index is 1.98. The van der Waals surface area contributed by atoms with E-state index in [0.717, 1.165) is 5.69 Å². The van der Waals surface area contributed by atoms with Crippen LogP contribution in [-0.2, 0) is 0 Å². The second kappa shape index (κ2) is 7.22. The van der Waals surface area contributed by atoms with E-state index in [1.807, 2.05) is 6.07 Å². The fraction of sp³-hybridized carbons (Fsp3) is 0.294. The van der Waals surface area contributed by atoms with Crippen molar-refractivity contribution in [3.05, 3.63) is 53.2 Å². The summed E-state index contributed by atoms with van der Waals surface area (Å²) in [4.78, 5) is 4.14. The lowest BCUT2D eigenvalue weighted by molar-refractivity contribution is 0.398. The molecule has 2 aromatic rings. The van der Waals surface area contributed by atoms with Crippen molar-refractivity contribution in [1.82, 2.24) is 10.3 Å². The summed E-state index contributed by atoms with van der Waals surface area (Å²) in [7, 11) is 1.59. The molecule has 0 saturated heterocycles. The number of anilines is 1. The molecule has 0 unspecified atom stereocenters. The Bertz CT molecular complexity index is 655. The van der Waals surface area contributed by atoms with Crippen LogP contribution in [0.3, 0.4) is 0 Å². The van der Waals surface area contributed by atoms with Gasteiger partial charge in [-0.25, -0.2) is 4.98 Å². The summed E-state index contributed by atoms with van der Waals surface area (Å²) in [5.74, 6) is 0.577. The van der Waals surface area contributed by atoms with E-state index >= 15 is 0 Å². The molecule has 5 heteroatoms. The molecule has 0 amide bonds. The number of nitrogens with zero attached hydrogens (tertiary/aromatic N) is 1. The lowest BCUT2D eigenvalue weighted by Gasteiger charge is -2.19. The van der Waals surface area contributed by atoms with Crippen LogP contribution < -0.4 is 15.4 Å². The number of nitrogens with one attached hydrogen (secondary N) is 2. The van der Waals surface area contributed by atoms with Crippen molar-refractivity contribution < 1.29 is 4.74 Å². The Kier molecular flexibility index (Phi) is 5.33. The first-order chi connectivity index (χ1) is 10.5. The first-order valence-corrected chi connectivity index (χ1v) is 7.55. The monoisotopic (exact) mass is 315 g/mol.